The Morgan fingerprint density at radius 1 is 1.69 bits per heavy atom. The molecule has 4 heteroatoms. The van der Waals surface area contributed by atoms with E-state index < -0.39 is 0 Å². The van der Waals surface area contributed by atoms with Crippen molar-refractivity contribution < 1.29 is 5.11 Å². The van der Waals surface area contributed by atoms with E-state index in [9.17, 15) is 0 Å². The lowest BCUT2D eigenvalue weighted by Crippen LogP contribution is -2.23. The highest BCUT2D eigenvalue weighted by Gasteiger charge is 2.07. The molecule has 0 bridgehead atoms. The van der Waals surface area contributed by atoms with Crippen molar-refractivity contribution in [2.45, 2.75) is 6.04 Å². The molecule has 2 N–H and O–H groups in total. The van der Waals surface area contributed by atoms with E-state index in [4.69, 9.17) is 10.4 Å². The van der Waals surface area contributed by atoms with Crippen molar-refractivity contribution in [3.8, 4) is 6.07 Å². The van der Waals surface area contributed by atoms with Crippen LogP contribution in [0.4, 0.5) is 0 Å². The lowest BCUT2D eigenvalue weighted by molar-refractivity contribution is 0.289. The van der Waals surface area contributed by atoms with Crippen molar-refractivity contribution in [2.24, 2.45) is 0 Å². The summed E-state index contributed by atoms with van der Waals surface area (Å²) in [7, 11) is 0. The van der Waals surface area contributed by atoms with Crippen LogP contribution < -0.4 is 5.32 Å². The second-order valence-electron chi connectivity index (χ2n) is 2.53. The molecule has 68 valence electrons. The van der Waals surface area contributed by atoms with Gasteiger partial charge >= 0.3 is 0 Å². The first-order valence-corrected chi connectivity index (χ1v) is 4.02. The van der Waals surface area contributed by atoms with E-state index in [1.807, 2.05) is 6.07 Å². The lowest BCUT2D eigenvalue weighted by Gasteiger charge is -2.09. The average molecular weight is 177 g/mol. The molecular formula is C9H11N3O. The molecule has 0 fully saturated rings. The summed E-state index contributed by atoms with van der Waals surface area (Å²) in [5, 5.41) is 20.2. The van der Waals surface area contributed by atoms with Gasteiger partial charge in [-0.3, -0.25) is 10.3 Å². The first-order valence-electron chi connectivity index (χ1n) is 4.02. The van der Waals surface area contributed by atoms with Gasteiger partial charge in [0.15, 0.2) is 0 Å². The summed E-state index contributed by atoms with van der Waals surface area (Å²) in [6.07, 6.45) is 3.29. The van der Waals surface area contributed by atoms with Gasteiger partial charge < -0.3 is 5.11 Å². The maximum absolute atomic E-state index is 8.78. The van der Waals surface area contributed by atoms with Crippen LogP contribution in [0.2, 0.25) is 0 Å². The largest absolute Gasteiger partial charge is 0.395 e. The number of hydrogen-bond acceptors (Lipinski definition) is 4. The predicted octanol–water partition coefficient (Wildman–Crippen LogP) is 0.228. The standard InChI is InChI=1S/C9H11N3O/c10-6-9(12-4-5-13)8-2-1-3-11-7-8/h1-3,7,9,12-13H,4-5H2/t9-/m0/s1. The van der Waals surface area contributed by atoms with Crippen LogP contribution in [-0.4, -0.2) is 23.2 Å². The van der Waals surface area contributed by atoms with Gasteiger partial charge in [-0.2, -0.15) is 5.26 Å². The zero-order valence-electron chi connectivity index (χ0n) is 7.14. The molecule has 1 atom stereocenters. The van der Waals surface area contributed by atoms with E-state index in [2.05, 4.69) is 16.4 Å². The zero-order valence-corrected chi connectivity index (χ0v) is 7.14. The Hall–Kier alpha value is -1.44. The van der Waals surface area contributed by atoms with E-state index in [1.165, 1.54) is 0 Å². The number of pyridine rings is 1. The second kappa shape index (κ2) is 5.25. The van der Waals surface area contributed by atoms with E-state index in [1.54, 1.807) is 18.5 Å². The minimum atomic E-state index is -0.388. The van der Waals surface area contributed by atoms with Crippen molar-refractivity contribution in [3.05, 3.63) is 30.1 Å². The Morgan fingerprint density at radius 3 is 3.08 bits per heavy atom. The Bertz CT molecular complexity index is 281. The number of nitrogens with zero attached hydrogens (tertiary/aromatic N) is 2. The third-order valence-corrected chi connectivity index (χ3v) is 1.61. The number of aromatic nitrogens is 1. The van der Waals surface area contributed by atoms with Crippen molar-refractivity contribution >= 4 is 0 Å². The van der Waals surface area contributed by atoms with Crippen LogP contribution in [0.3, 0.4) is 0 Å². The first kappa shape index (κ1) is 9.65. The van der Waals surface area contributed by atoms with Gasteiger partial charge in [0.2, 0.25) is 0 Å². The molecule has 0 spiro atoms. The predicted molar refractivity (Wildman–Crippen MR) is 47.7 cm³/mol. The van der Waals surface area contributed by atoms with E-state index in [0.29, 0.717) is 6.54 Å². The van der Waals surface area contributed by atoms with Gasteiger partial charge in [-0.1, -0.05) is 6.07 Å². The van der Waals surface area contributed by atoms with Crippen molar-refractivity contribution in [1.29, 1.82) is 5.26 Å². The average Bonchev–Trinajstić information content (AvgIpc) is 2.21. The van der Waals surface area contributed by atoms with Crippen LogP contribution in [0.1, 0.15) is 11.6 Å². The van der Waals surface area contributed by atoms with Gasteiger partial charge in [-0.05, 0) is 6.07 Å². The van der Waals surface area contributed by atoms with Crippen LogP contribution in [0, 0.1) is 11.3 Å². The fourth-order valence-corrected chi connectivity index (χ4v) is 0.994. The Morgan fingerprint density at radius 2 is 2.54 bits per heavy atom. The molecule has 1 heterocycles. The molecule has 0 radical (unpaired) electrons. The number of nitrogens with one attached hydrogen (secondary N) is 1. The van der Waals surface area contributed by atoms with E-state index >= 15 is 0 Å². The Labute approximate surface area is 76.8 Å². The fourth-order valence-electron chi connectivity index (χ4n) is 0.994. The summed E-state index contributed by atoms with van der Waals surface area (Å²) in [4.78, 5) is 3.91. The highest BCUT2D eigenvalue weighted by atomic mass is 16.3. The summed E-state index contributed by atoms with van der Waals surface area (Å²) in [6.45, 7) is 0.436. The normalized spacial score (nSPS) is 12.0. The third-order valence-electron chi connectivity index (χ3n) is 1.61. The van der Waals surface area contributed by atoms with Crippen molar-refractivity contribution in [2.75, 3.05) is 13.2 Å². The molecule has 0 saturated heterocycles. The van der Waals surface area contributed by atoms with Crippen LogP contribution in [0.25, 0.3) is 0 Å². The minimum Gasteiger partial charge on any atom is -0.395 e. The molecule has 0 saturated carbocycles. The van der Waals surface area contributed by atoms with Gasteiger partial charge in [0.25, 0.3) is 0 Å². The molecule has 0 aromatic carbocycles. The molecule has 0 aliphatic rings. The van der Waals surface area contributed by atoms with E-state index in [0.717, 1.165) is 5.56 Å². The second-order valence-corrected chi connectivity index (χ2v) is 2.53. The molecule has 0 unspecified atom stereocenters. The highest BCUT2D eigenvalue weighted by molar-refractivity contribution is 5.19. The maximum Gasteiger partial charge on any atom is 0.122 e. The van der Waals surface area contributed by atoms with Gasteiger partial charge in [-0.15, -0.1) is 0 Å². The first-order chi connectivity index (χ1) is 6.38. The van der Waals surface area contributed by atoms with Gasteiger partial charge in [0.05, 0.1) is 12.7 Å². The fraction of sp³-hybridized carbons (Fsp3) is 0.333. The summed E-state index contributed by atoms with van der Waals surface area (Å²) >= 11 is 0. The molecule has 1 rings (SSSR count). The van der Waals surface area contributed by atoms with Crippen LogP contribution in [0.5, 0.6) is 0 Å². The zero-order chi connectivity index (χ0) is 9.52. The van der Waals surface area contributed by atoms with Gasteiger partial charge in [0.1, 0.15) is 6.04 Å². The van der Waals surface area contributed by atoms with Crippen molar-refractivity contribution in [1.82, 2.24) is 10.3 Å². The molecule has 4 nitrogen and oxygen atoms in total. The monoisotopic (exact) mass is 177 g/mol. The third kappa shape index (κ3) is 2.82. The SMILES string of the molecule is N#C[C@H](NCCO)c1cccnc1. The van der Waals surface area contributed by atoms with Gasteiger partial charge in [0, 0.05) is 24.5 Å². The molecule has 0 aliphatic heterocycles. The summed E-state index contributed by atoms with van der Waals surface area (Å²) < 4.78 is 0. The summed E-state index contributed by atoms with van der Waals surface area (Å²) in [5.41, 5.74) is 0.818. The summed E-state index contributed by atoms with van der Waals surface area (Å²) in [6, 6.07) is 5.31. The van der Waals surface area contributed by atoms with E-state index in [-0.39, 0.29) is 12.6 Å². The number of aliphatic hydroxyl groups excluding tert-OH is 1. The molecule has 1 aromatic heterocycles. The molecule has 1 aromatic rings. The molecular weight excluding hydrogens is 166 g/mol. The molecule has 0 aliphatic carbocycles. The quantitative estimate of drug-likeness (QED) is 0.690. The smallest absolute Gasteiger partial charge is 0.122 e. The molecule has 13 heavy (non-hydrogen) atoms. The van der Waals surface area contributed by atoms with Gasteiger partial charge in [-0.25, -0.2) is 0 Å². The number of rotatable bonds is 4. The molecule has 0 amide bonds. The number of nitriles is 1. The van der Waals surface area contributed by atoms with Crippen LogP contribution in [-0.2, 0) is 0 Å². The minimum absolute atomic E-state index is 0.0262. The highest BCUT2D eigenvalue weighted by Crippen LogP contribution is 2.08. The number of hydrogen-bond donors (Lipinski definition) is 2. The Kier molecular flexibility index (Phi) is 3.89. The topological polar surface area (TPSA) is 68.9 Å². The van der Waals surface area contributed by atoms with Crippen LogP contribution >= 0.6 is 0 Å². The number of aliphatic hydroxyl groups is 1. The summed E-state index contributed by atoms with van der Waals surface area (Å²) in [5.74, 6) is 0. The Balaban J connectivity index is 2.63. The maximum atomic E-state index is 8.78. The van der Waals surface area contributed by atoms with Crippen LogP contribution in [0.15, 0.2) is 24.5 Å². The van der Waals surface area contributed by atoms with Crippen molar-refractivity contribution in [3.63, 3.8) is 0 Å². The lowest BCUT2D eigenvalue weighted by atomic mass is 10.1.